The summed E-state index contributed by atoms with van der Waals surface area (Å²) in [7, 11) is 0. The summed E-state index contributed by atoms with van der Waals surface area (Å²) in [6.45, 7) is 3.72. The molecular weight excluding hydrogens is 309 g/mol. The van der Waals surface area contributed by atoms with Crippen LogP contribution in [-0.4, -0.2) is 47.0 Å². The van der Waals surface area contributed by atoms with Gasteiger partial charge in [0.25, 0.3) is 5.91 Å². The van der Waals surface area contributed by atoms with Gasteiger partial charge in [0.2, 0.25) is 0 Å². The van der Waals surface area contributed by atoms with Crippen LogP contribution in [0, 0.1) is 24.1 Å². The summed E-state index contributed by atoms with van der Waals surface area (Å²) in [6, 6.07) is 6.56. The number of aryl methyl sites for hydroxylation is 1. The Hall–Kier alpha value is -3.01. The molecule has 0 radical (unpaired) electrons. The SMILES string of the molecule is Cc1ccc(C(=O)N2CCN(c3nccnc3C#N)CC2)cc1F. The summed E-state index contributed by atoms with van der Waals surface area (Å²) < 4.78 is 13.6. The number of aromatic nitrogens is 2. The zero-order chi connectivity index (χ0) is 17.1. The summed E-state index contributed by atoms with van der Waals surface area (Å²) >= 11 is 0. The van der Waals surface area contributed by atoms with Gasteiger partial charge in [-0.25, -0.2) is 14.4 Å². The molecule has 1 aromatic heterocycles. The fraction of sp³-hybridized carbons (Fsp3) is 0.294. The summed E-state index contributed by atoms with van der Waals surface area (Å²) in [5, 5.41) is 9.11. The first-order chi connectivity index (χ1) is 11.6. The van der Waals surface area contributed by atoms with E-state index in [-0.39, 0.29) is 17.4 Å². The van der Waals surface area contributed by atoms with E-state index in [9.17, 15) is 9.18 Å². The molecular formula is C17H16FN5O. The van der Waals surface area contributed by atoms with Crippen LogP contribution in [0.5, 0.6) is 0 Å². The molecule has 0 unspecified atom stereocenters. The zero-order valence-electron chi connectivity index (χ0n) is 13.2. The van der Waals surface area contributed by atoms with Gasteiger partial charge in [0.15, 0.2) is 11.5 Å². The van der Waals surface area contributed by atoms with Gasteiger partial charge in [-0.1, -0.05) is 6.07 Å². The van der Waals surface area contributed by atoms with Crippen molar-refractivity contribution in [1.82, 2.24) is 14.9 Å². The molecule has 0 atom stereocenters. The van der Waals surface area contributed by atoms with Crippen LogP contribution in [0.4, 0.5) is 10.2 Å². The van der Waals surface area contributed by atoms with Gasteiger partial charge in [-0.05, 0) is 24.6 Å². The number of hydrogen-bond donors (Lipinski definition) is 0. The van der Waals surface area contributed by atoms with E-state index < -0.39 is 0 Å². The Labute approximate surface area is 139 Å². The van der Waals surface area contributed by atoms with Crippen LogP contribution in [0.25, 0.3) is 0 Å². The van der Waals surface area contributed by atoms with Gasteiger partial charge in [0, 0.05) is 44.1 Å². The minimum Gasteiger partial charge on any atom is -0.351 e. The lowest BCUT2D eigenvalue weighted by Crippen LogP contribution is -2.49. The molecule has 0 bridgehead atoms. The Bertz CT molecular complexity index is 809. The van der Waals surface area contributed by atoms with Gasteiger partial charge in [0.1, 0.15) is 11.9 Å². The highest BCUT2D eigenvalue weighted by Crippen LogP contribution is 2.18. The van der Waals surface area contributed by atoms with Gasteiger partial charge >= 0.3 is 0 Å². The number of amides is 1. The lowest BCUT2D eigenvalue weighted by atomic mass is 10.1. The highest BCUT2D eigenvalue weighted by molar-refractivity contribution is 5.94. The van der Waals surface area contributed by atoms with Crippen molar-refractivity contribution in [1.29, 1.82) is 5.26 Å². The molecule has 1 amide bonds. The maximum absolute atomic E-state index is 13.6. The molecule has 7 heteroatoms. The third-order valence-electron chi connectivity index (χ3n) is 4.07. The number of rotatable bonds is 2. The Morgan fingerprint density at radius 3 is 2.58 bits per heavy atom. The molecule has 1 fully saturated rings. The lowest BCUT2D eigenvalue weighted by Gasteiger charge is -2.35. The molecule has 1 saturated heterocycles. The molecule has 1 aliphatic heterocycles. The Kier molecular flexibility index (Phi) is 4.38. The van der Waals surface area contributed by atoms with Crippen molar-refractivity contribution < 1.29 is 9.18 Å². The number of carbonyl (C=O) groups is 1. The summed E-state index contributed by atoms with van der Waals surface area (Å²) in [5.74, 6) is -0.0283. The average molecular weight is 325 g/mol. The zero-order valence-corrected chi connectivity index (χ0v) is 13.2. The molecule has 6 nitrogen and oxygen atoms in total. The van der Waals surface area contributed by atoms with E-state index in [4.69, 9.17) is 5.26 Å². The molecule has 0 spiro atoms. The second kappa shape index (κ2) is 6.62. The number of halogens is 1. The predicted octanol–water partition coefficient (Wildman–Crippen LogP) is 1.76. The molecule has 3 rings (SSSR count). The standard InChI is InChI=1S/C17H16FN5O/c1-12-2-3-13(10-14(12)18)17(24)23-8-6-22(7-9-23)16-15(11-19)20-4-5-21-16/h2-5,10H,6-9H2,1H3. The van der Waals surface area contributed by atoms with Gasteiger partial charge < -0.3 is 9.80 Å². The van der Waals surface area contributed by atoms with Crippen LogP contribution in [0.2, 0.25) is 0 Å². The third-order valence-corrected chi connectivity index (χ3v) is 4.07. The number of benzene rings is 1. The predicted molar refractivity (Wildman–Crippen MR) is 86.0 cm³/mol. The molecule has 1 aliphatic rings. The molecule has 0 N–H and O–H groups in total. The topological polar surface area (TPSA) is 73.1 Å². The Morgan fingerprint density at radius 1 is 1.21 bits per heavy atom. The van der Waals surface area contributed by atoms with Crippen LogP contribution in [0.15, 0.2) is 30.6 Å². The van der Waals surface area contributed by atoms with Crippen LogP contribution in [0.3, 0.4) is 0 Å². The normalized spacial score (nSPS) is 14.4. The largest absolute Gasteiger partial charge is 0.351 e. The monoisotopic (exact) mass is 325 g/mol. The van der Waals surface area contributed by atoms with Crippen molar-refractivity contribution in [3.05, 3.63) is 53.2 Å². The number of nitriles is 1. The minimum absolute atomic E-state index is 0.187. The number of carbonyl (C=O) groups excluding carboxylic acids is 1. The summed E-state index contributed by atoms with van der Waals surface area (Å²) in [6.07, 6.45) is 3.02. The molecule has 24 heavy (non-hydrogen) atoms. The third kappa shape index (κ3) is 3.04. The average Bonchev–Trinajstić information content (AvgIpc) is 2.63. The van der Waals surface area contributed by atoms with Crippen LogP contribution < -0.4 is 4.90 Å². The second-order valence-corrected chi connectivity index (χ2v) is 5.58. The molecule has 2 heterocycles. The fourth-order valence-electron chi connectivity index (χ4n) is 2.67. The van der Waals surface area contributed by atoms with Crippen molar-refractivity contribution >= 4 is 11.7 Å². The van der Waals surface area contributed by atoms with Crippen molar-refractivity contribution in [2.45, 2.75) is 6.92 Å². The van der Waals surface area contributed by atoms with Gasteiger partial charge in [-0.2, -0.15) is 5.26 Å². The Balaban J connectivity index is 1.69. The van der Waals surface area contributed by atoms with Gasteiger partial charge in [-0.15, -0.1) is 0 Å². The van der Waals surface area contributed by atoms with Gasteiger partial charge in [-0.3, -0.25) is 4.79 Å². The Morgan fingerprint density at radius 2 is 1.92 bits per heavy atom. The van der Waals surface area contributed by atoms with E-state index >= 15 is 0 Å². The quantitative estimate of drug-likeness (QED) is 0.841. The number of anilines is 1. The van der Waals surface area contributed by atoms with Crippen LogP contribution in [-0.2, 0) is 0 Å². The maximum atomic E-state index is 13.6. The van der Waals surface area contributed by atoms with Crippen LogP contribution >= 0.6 is 0 Å². The molecule has 0 aliphatic carbocycles. The maximum Gasteiger partial charge on any atom is 0.254 e. The van der Waals surface area contributed by atoms with Gasteiger partial charge in [0.05, 0.1) is 0 Å². The van der Waals surface area contributed by atoms with E-state index in [2.05, 4.69) is 9.97 Å². The van der Waals surface area contributed by atoms with E-state index in [1.807, 2.05) is 11.0 Å². The first-order valence-corrected chi connectivity index (χ1v) is 7.61. The van der Waals surface area contributed by atoms with Crippen molar-refractivity contribution in [2.75, 3.05) is 31.1 Å². The van der Waals surface area contributed by atoms with Crippen molar-refractivity contribution in [2.24, 2.45) is 0 Å². The first-order valence-electron chi connectivity index (χ1n) is 7.61. The highest BCUT2D eigenvalue weighted by Gasteiger charge is 2.24. The van der Waals surface area contributed by atoms with Crippen LogP contribution in [0.1, 0.15) is 21.6 Å². The van der Waals surface area contributed by atoms with Crippen molar-refractivity contribution in [3.63, 3.8) is 0 Å². The lowest BCUT2D eigenvalue weighted by molar-refractivity contribution is 0.0746. The molecule has 2 aromatic rings. The number of nitrogens with zero attached hydrogens (tertiary/aromatic N) is 5. The van der Waals surface area contributed by atoms with E-state index in [1.165, 1.54) is 12.3 Å². The van der Waals surface area contributed by atoms with Crippen molar-refractivity contribution in [3.8, 4) is 6.07 Å². The first kappa shape index (κ1) is 15.9. The summed E-state index contributed by atoms with van der Waals surface area (Å²) in [4.78, 5) is 24.3. The smallest absolute Gasteiger partial charge is 0.254 e. The fourth-order valence-corrected chi connectivity index (χ4v) is 2.67. The number of piperazine rings is 1. The molecule has 0 saturated carbocycles. The molecule has 1 aromatic carbocycles. The van der Waals surface area contributed by atoms with E-state index in [0.29, 0.717) is 43.1 Å². The number of hydrogen-bond acceptors (Lipinski definition) is 5. The molecule has 122 valence electrons. The van der Waals surface area contributed by atoms with E-state index in [1.54, 1.807) is 30.2 Å². The summed E-state index contributed by atoms with van der Waals surface area (Å²) in [5.41, 5.74) is 1.14. The minimum atomic E-state index is -0.377. The highest BCUT2D eigenvalue weighted by atomic mass is 19.1. The second-order valence-electron chi connectivity index (χ2n) is 5.58. The van der Waals surface area contributed by atoms with E-state index in [0.717, 1.165) is 0 Å².